The van der Waals surface area contributed by atoms with E-state index >= 15 is 0 Å². The lowest BCUT2D eigenvalue weighted by atomic mass is 10.0. The summed E-state index contributed by atoms with van der Waals surface area (Å²) in [6.45, 7) is 5.18. The van der Waals surface area contributed by atoms with Gasteiger partial charge in [0.15, 0.2) is 0 Å². The Morgan fingerprint density at radius 2 is 2.05 bits per heavy atom. The topological polar surface area (TPSA) is 59.1 Å². The largest absolute Gasteiger partial charge is 0.379 e. The van der Waals surface area contributed by atoms with Gasteiger partial charge in [-0.15, -0.1) is 0 Å². The maximum Gasteiger partial charge on any atom is 0.214 e. The SMILES string of the molecule is O=S1(=O)CCCN1CCN1CCO[C@@H]2COCC[C@@H]21. The van der Waals surface area contributed by atoms with Crippen LogP contribution in [0.5, 0.6) is 0 Å². The Kier molecular flexibility index (Phi) is 4.09. The second-order valence-corrected chi connectivity index (χ2v) is 7.53. The molecule has 0 saturated carbocycles. The van der Waals surface area contributed by atoms with Crippen LogP contribution in [-0.4, -0.2) is 81.5 Å². The summed E-state index contributed by atoms with van der Waals surface area (Å²) < 4.78 is 36.4. The monoisotopic (exact) mass is 290 g/mol. The van der Waals surface area contributed by atoms with Crippen molar-refractivity contribution >= 4 is 10.0 Å². The van der Waals surface area contributed by atoms with Crippen LogP contribution in [0.4, 0.5) is 0 Å². The molecule has 110 valence electrons. The molecule has 0 aromatic carbocycles. The summed E-state index contributed by atoms with van der Waals surface area (Å²) in [7, 11) is -2.97. The average Bonchev–Trinajstić information content (AvgIpc) is 2.75. The summed E-state index contributed by atoms with van der Waals surface area (Å²) in [6.07, 6.45) is 1.92. The minimum absolute atomic E-state index is 0.165. The number of ether oxygens (including phenoxy) is 2. The molecule has 19 heavy (non-hydrogen) atoms. The van der Waals surface area contributed by atoms with Crippen molar-refractivity contribution in [3.05, 3.63) is 0 Å². The third-order valence-electron chi connectivity index (χ3n) is 4.29. The lowest BCUT2D eigenvalue weighted by Crippen LogP contribution is -2.56. The minimum atomic E-state index is -2.97. The van der Waals surface area contributed by atoms with Gasteiger partial charge in [0, 0.05) is 38.8 Å². The highest BCUT2D eigenvalue weighted by atomic mass is 32.2. The molecule has 3 heterocycles. The molecule has 0 unspecified atom stereocenters. The molecule has 2 atom stereocenters. The number of rotatable bonds is 3. The van der Waals surface area contributed by atoms with E-state index in [0.717, 1.165) is 39.1 Å². The smallest absolute Gasteiger partial charge is 0.214 e. The molecule has 0 aromatic rings. The lowest BCUT2D eigenvalue weighted by Gasteiger charge is -2.43. The zero-order valence-corrected chi connectivity index (χ0v) is 12.0. The van der Waals surface area contributed by atoms with Crippen molar-refractivity contribution in [3.8, 4) is 0 Å². The Bertz CT molecular complexity index is 412. The zero-order chi connectivity index (χ0) is 13.3. The first-order valence-electron chi connectivity index (χ1n) is 7.08. The maximum atomic E-state index is 11.8. The van der Waals surface area contributed by atoms with Gasteiger partial charge >= 0.3 is 0 Å². The van der Waals surface area contributed by atoms with Crippen molar-refractivity contribution < 1.29 is 17.9 Å². The molecule has 0 radical (unpaired) electrons. The van der Waals surface area contributed by atoms with E-state index in [1.165, 1.54) is 0 Å². The van der Waals surface area contributed by atoms with Crippen molar-refractivity contribution in [3.63, 3.8) is 0 Å². The second-order valence-electron chi connectivity index (χ2n) is 5.44. The summed E-state index contributed by atoms with van der Waals surface area (Å²) >= 11 is 0. The van der Waals surface area contributed by atoms with Gasteiger partial charge in [-0.25, -0.2) is 12.7 Å². The molecule has 3 saturated heterocycles. The van der Waals surface area contributed by atoms with Gasteiger partial charge in [-0.2, -0.15) is 0 Å². The van der Waals surface area contributed by atoms with Gasteiger partial charge in [0.25, 0.3) is 0 Å². The van der Waals surface area contributed by atoms with E-state index in [0.29, 0.717) is 31.5 Å². The number of nitrogens with zero attached hydrogens (tertiary/aromatic N) is 2. The molecular weight excluding hydrogens is 268 g/mol. The van der Waals surface area contributed by atoms with Crippen LogP contribution < -0.4 is 0 Å². The molecule has 0 aromatic heterocycles. The minimum Gasteiger partial charge on any atom is -0.379 e. The third-order valence-corrected chi connectivity index (χ3v) is 6.25. The van der Waals surface area contributed by atoms with Gasteiger partial charge < -0.3 is 9.47 Å². The first-order chi connectivity index (χ1) is 9.17. The highest BCUT2D eigenvalue weighted by molar-refractivity contribution is 7.89. The van der Waals surface area contributed by atoms with Gasteiger partial charge in [0.05, 0.1) is 25.1 Å². The standard InChI is InChI=1S/C12H22N2O4S/c15-19(16)9-1-3-14(19)5-4-13-6-8-18-12-10-17-7-2-11(12)13/h11-12H,1-10H2/t11-,12+/m0/s1. The van der Waals surface area contributed by atoms with Crippen molar-refractivity contribution in [2.75, 3.05) is 51.8 Å². The summed E-state index contributed by atoms with van der Waals surface area (Å²) in [5, 5.41) is 0. The van der Waals surface area contributed by atoms with Crippen LogP contribution in [0.25, 0.3) is 0 Å². The van der Waals surface area contributed by atoms with Crippen molar-refractivity contribution in [2.45, 2.75) is 25.0 Å². The number of sulfonamides is 1. The van der Waals surface area contributed by atoms with Gasteiger partial charge in [-0.05, 0) is 12.8 Å². The highest BCUT2D eigenvalue weighted by Gasteiger charge is 2.36. The van der Waals surface area contributed by atoms with Gasteiger partial charge in [-0.1, -0.05) is 0 Å². The molecule has 3 rings (SSSR count). The normalized spacial score (nSPS) is 36.2. The number of morpholine rings is 1. The molecule has 0 N–H and O–H groups in total. The van der Waals surface area contributed by atoms with Crippen LogP contribution >= 0.6 is 0 Å². The molecule has 3 fully saturated rings. The molecule has 0 spiro atoms. The predicted molar refractivity (Wildman–Crippen MR) is 70.5 cm³/mol. The summed E-state index contributed by atoms with van der Waals surface area (Å²) in [5.41, 5.74) is 0. The zero-order valence-electron chi connectivity index (χ0n) is 11.2. The third kappa shape index (κ3) is 2.95. The Labute approximate surface area is 114 Å². The lowest BCUT2D eigenvalue weighted by molar-refractivity contribution is -0.135. The van der Waals surface area contributed by atoms with Crippen LogP contribution in [-0.2, 0) is 19.5 Å². The van der Waals surface area contributed by atoms with E-state index in [1.54, 1.807) is 4.31 Å². The maximum absolute atomic E-state index is 11.8. The molecule has 3 aliphatic rings. The summed E-state index contributed by atoms with van der Waals surface area (Å²) in [4.78, 5) is 2.38. The molecule has 0 amide bonds. The Morgan fingerprint density at radius 1 is 1.16 bits per heavy atom. The number of hydrogen-bond donors (Lipinski definition) is 0. The fraction of sp³-hybridized carbons (Fsp3) is 1.00. The molecular formula is C12H22N2O4S. The first-order valence-corrected chi connectivity index (χ1v) is 8.69. The van der Waals surface area contributed by atoms with Crippen LogP contribution in [0.2, 0.25) is 0 Å². The Balaban J connectivity index is 1.57. The van der Waals surface area contributed by atoms with E-state index in [9.17, 15) is 8.42 Å². The first kappa shape index (κ1) is 13.8. The van der Waals surface area contributed by atoms with E-state index in [2.05, 4.69) is 4.90 Å². The fourth-order valence-electron chi connectivity index (χ4n) is 3.22. The number of fused-ring (bicyclic) bond motifs is 1. The molecule has 6 nitrogen and oxygen atoms in total. The second kappa shape index (κ2) is 5.65. The Morgan fingerprint density at radius 3 is 2.84 bits per heavy atom. The van der Waals surface area contributed by atoms with Crippen LogP contribution in [0, 0.1) is 0 Å². The molecule has 3 aliphatic heterocycles. The van der Waals surface area contributed by atoms with Gasteiger partial charge in [0.1, 0.15) is 0 Å². The number of hydrogen-bond acceptors (Lipinski definition) is 5. The van der Waals surface area contributed by atoms with E-state index in [1.807, 2.05) is 0 Å². The van der Waals surface area contributed by atoms with Gasteiger partial charge in [-0.3, -0.25) is 4.90 Å². The molecule has 7 heteroatoms. The van der Waals surface area contributed by atoms with E-state index < -0.39 is 10.0 Å². The molecule has 0 bridgehead atoms. The fourth-order valence-corrected chi connectivity index (χ4v) is 4.74. The highest BCUT2D eigenvalue weighted by Crippen LogP contribution is 2.22. The summed E-state index contributed by atoms with van der Waals surface area (Å²) in [5.74, 6) is 0.315. The average molecular weight is 290 g/mol. The van der Waals surface area contributed by atoms with Crippen LogP contribution in [0.3, 0.4) is 0 Å². The van der Waals surface area contributed by atoms with Crippen LogP contribution in [0.15, 0.2) is 0 Å². The van der Waals surface area contributed by atoms with E-state index in [4.69, 9.17) is 9.47 Å². The summed E-state index contributed by atoms with van der Waals surface area (Å²) in [6, 6.07) is 0.396. The van der Waals surface area contributed by atoms with Gasteiger partial charge in [0.2, 0.25) is 10.0 Å². The van der Waals surface area contributed by atoms with Crippen molar-refractivity contribution in [2.24, 2.45) is 0 Å². The van der Waals surface area contributed by atoms with Crippen LogP contribution in [0.1, 0.15) is 12.8 Å². The quantitative estimate of drug-likeness (QED) is 0.702. The Hall–Kier alpha value is -0.210. The van der Waals surface area contributed by atoms with E-state index in [-0.39, 0.29) is 6.10 Å². The molecule has 0 aliphatic carbocycles. The van der Waals surface area contributed by atoms with Crippen molar-refractivity contribution in [1.29, 1.82) is 0 Å². The van der Waals surface area contributed by atoms with Crippen molar-refractivity contribution in [1.82, 2.24) is 9.21 Å². The predicted octanol–water partition coefficient (Wildman–Crippen LogP) is -0.488.